The van der Waals surface area contributed by atoms with Crippen molar-refractivity contribution < 1.29 is 21.6 Å². The third-order valence-corrected chi connectivity index (χ3v) is 5.92. The lowest BCUT2D eigenvalue weighted by molar-refractivity contribution is -0.137. The summed E-state index contributed by atoms with van der Waals surface area (Å²) in [5.74, 6) is 0.421. The second kappa shape index (κ2) is 8.81. The fourth-order valence-corrected chi connectivity index (χ4v) is 3.73. The Morgan fingerprint density at radius 2 is 1.77 bits per heavy atom. The molecule has 0 spiro atoms. The van der Waals surface area contributed by atoms with Gasteiger partial charge in [-0.1, -0.05) is 29.8 Å². The summed E-state index contributed by atoms with van der Waals surface area (Å²) in [7, 11) is -3.29. The fraction of sp³-hybridized carbons (Fsp3) is 0.200. The molecule has 1 atom stereocenters. The fourth-order valence-electron chi connectivity index (χ4n) is 2.81. The third kappa shape index (κ3) is 5.72. The molecule has 2 aromatic carbocycles. The van der Waals surface area contributed by atoms with E-state index in [4.69, 9.17) is 17.3 Å². The van der Waals surface area contributed by atoms with Crippen LogP contribution in [0.5, 0.6) is 0 Å². The van der Waals surface area contributed by atoms with Gasteiger partial charge in [0.15, 0.2) is 9.84 Å². The van der Waals surface area contributed by atoms with Crippen molar-refractivity contribution in [2.24, 2.45) is 5.73 Å². The van der Waals surface area contributed by atoms with E-state index in [1.807, 2.05) is 0 Å². The lowest BCUT2D eigenvalue weighted by Gasteiger charge is -2.14. The van der Waals surface area contributed by atoms with Crippen LogP contribution >= 0.6 is 11.6 Å². The summed E-state index contributed by atoms with van der Waals surface area (Å²) in [5, 5.41) is 2.62. The molecule has 1 unspecified atom stereocenters. The molecule has 6 nitrogen and oxygen atoms in total. The van der Waals surface area contributed by atoms with Crippen LogP contribution in [-0.4, -0.2) is 31.2 Å². The van der Waals surface area contributed by atoms with Crippen molar-refractivity contribution in [1.29, 1.82) is 0 Å². The Morgan fingerprint density at radius 1 is 1.10 bits per heavy atom. The molecular formula is C20H18ClF3N4O2S. The summed E-state index contributed by atoms with van der Waals surface area (Å²) < 4.78 is 61.7. The molecule has 1 heterocycles. The number of halogens is 4. The van der Waals surface area contributed by atoms with Crippen molar-refractivity contribution >= 4 is 27.3 Å². The molecule has 1 aromatic heterocycles. The van der Waals surface area contributed by atoms with Crippen molar-refractivity contribution in [3.63, 3.8) is 0 Å². The van der Waals surface area contributed by atoms with Gasteiger partial charge in [-0.15, -0.1) is 0 Å². The van der Waals surface area contributed by atoms with Crippen LogP contribution in [0.4, 0.5) is 19.0 Å². The molecule has 0 aliphatic carbocycles. The van der Waals surface area contributed by atoms with Crippen molar-refractivity contribution in [2.75, 3.05) is 18.1 Å². The summed E-state index contributed by atoms with van der Waals surface area (Å²) in [6.45, 7) is 0.280. The number of aromatic nitrogens is 2. The van der Waals surface area contributed by atoms with Crippen molar-refractivity contribution in [2.45, 2.75) is 17.1 Å². The normalized spacial score (nSPS) is 13.1. The summed E-state index contributed by atoms with van der Waals surface area (Å²) in [4.78, 5) is 8.37. The van der Waals surface area contributed by atoms with Crippen LogP contribution in [0, 0.1) is 0 Å². The maximum absolute atomic E-state index is 12.9. The van der Waals surface area contributed by atoms with Gasteiger partial charge in [-0.05, 0) is 29.8 Å². The van der Waals surface area contributed by atoms with Gasteiger partial charge in [-0.25, -0.2) is 18.4 Å². The number of benzene rings is 2. The highest BCUT2D eigenvalue weighted by Gasteiger charge is 2.33. The predicted molar refractivity (Wildman–Crippen MR) is 112 cm³/mol. The summed E-state index contributed by atoms with van der Waals surface area (Å²) in [6.07, 6.45) is -2.14. The Morgan fingerprint density at radius 3 is 2.35 bits per heavy atom. The minimum Gasteiger partial charge on any atom is -0.368 e. The first-order valence-corrected chi connectivity index (χ1v) is 11.2. The minimum atomic E-state index is -4.54. The molecule has 164 valence electrons. The van der Waals surface area contributed by atoms with Crippen LogP contribution in [-0.2, 0) is 16.0 Å². The molecule has 0 saturated carbocycles. The molecule has 0 aliphatic rings. The van der Waals surface area contributed by atoms with E-state index in [9.17, 15) is 21.6 Å². The van der Waals surface area contributed by atoms with Crippen molar-refractivity contribution in [3.8, 4) is 11.3 Å². The van der Waals surface area contributed by atoms with Gasteiger partial charge < -0.3 is 11.1 Å². The summed E-state index contributed by atoms with van der Waals surface area (Å²) in [5.41, 5.74) is 6.75. The van der Waals surface area contributed by atoms with Crippen LogP contribution in [0.3, 0.4) is 0 Å². The zero-order chi connectivity index (χ0) is 22.8. The summed E-state index contributed by atoms with van der Waals surface area (Å²) in [6, 6.07) is 10.8. The Hall–Kier alpha value is -2.69. The number of anilines is 1. The van der Waals surface area contributed by atoms with Crippen LogP contribution < -0.4 is 11.1 Å². The standard InChI is InChI=1S/C20H18ClF3N4O2S/c1-31(29,30)14-5-2-12(3-6-14)17(25)10-26-19-9-18(27-11-28-19)13-4-7-15(16(21)8-13)20(22,23)24/h2-9,11,17H,10,25H2,1H3,(H,26,27,28). The number of hydrogen-bond acceptors (Lipinski definition) is 6. The average molecular weight is 471 g/mol. The highest BCUT2D eigenvalue weighted by Crippen LogP contribution is 2.36. The lowest BCUT2D eigenvalue weighted by Crippen LogP contribution is -2.21. The van der Waals surface area contributed by atoms with Gasteiger partial charge in [-0.3, -0.25) is 0 Å². The smallest absolute Gasteiger partial charge is 0.368 e. The Bertz CT molecular complexity index is 1190. The van der Waals surface area contributed by atoms with Crippen LogP contribution in [0.2, 0.25) is 5.02 Å². The first-order chi connectivity index (χ1) is 14.4. The topological polar surface area (TPSA) is 98.0 Å². The van der Waals surface area contributed by atoms with E-state index in [2.05, 4.69) is 15.3 Å². The van der Waals surface area contributed by atoms with Gasteiger partial charge in [0.25, 0.3) is 0 Å². The molecule has 3 N–H and O–H groups in total. The van der Waals surface area contributed by atoms with Gasteiger partial charge in [-0.2, -0.15) is 13.2 Å². The van der Waals surface area contributed by atoms with E-state index in [0.29, 0.717) is 17.1 Å². The first-order valence-electron chi connectivity index (χ1n) is 8.94. The first kappa shape index (κ1) is 23.0. The van der Waals surface area contributed by atoms with E-state index in [-0.39, 0.29) is 11.4 Å². The largest absolute Gasteiger partial charge is 0.417 e. The number of nitrogens with two attached hydrogens (primary N) is 1. The molecule has 0 saturated heterocycles. The molecule has 0 fully saturated rings. The van der Waals surface area contributed by atoms with E-state index in [1.165, 1.54) is 30.6 Å². The van der Waals surface area contributed by atoms with Crippen LogP contribution in [0.15, 0.2) is 59.8 Å². The van der Waals surface area contributed by atoms with E-state index < -0.39 is 32.6 Å². The molecule has 3 aromatic rings. The third-order valence-electron chi connectivity index (χ3n) is 4.48. The van der Waals surface area contributed by atoms with E-state index in [0.717, 1.165) is 17.9 Å². The second-order valence-electron chi connectivity index (χ2n) is 6.81. The summed E-state index contributed by atoms with van der Waals surface area (Å²) >= 11 is 5.78. The van der Waals surface area contributed by atoms with Crippen LogP contribution in [0.25, 0.3) is 11.3 Å². The maximum atomic E-state index is 12.9. The Kier molecular flexibility index (Phi) is 6.54. The van der Waals surface area contributed by atoms with Gasteiger partial charge in [0.1, 0.15) is 12.1 Å². The lowest BCUT2D eigenvalue weighted by atomic mass is 10.1. The maximum Gasteiger partial charge on any atom is 0.417 e. The molecule has 0 aliphatic heterocycles. The van der Waals surface area contributed by atoms with E-state index >= 15 is 0 Å². The van der Waals surface area contributed by atoms with Gasteiger partial charge >= 0.3 is 6.18 Å². The Balaban J connectivity index is 1.72. The molecule has 3 rings (SSSR count). The predicted octanol–water partition coefficient (Wildman–Crippen LogP) is 4.33. The molecular weight excluding hydrogens is 453 g/mol. The number of hydrogen-bond donors (Lipinski definition) is 2. The second-order valence-corrected chi connectivity index (χ2v) is 9.23. The number of sulfone groups is 1. The monoisotopic (exact) mass is 470 g/mol. The van der Waals surface area contributed by atoms with Gasteiger partial charge in [0, 0.05) is 30.5 Å². The molecule has 0 bridgehead atoms. The SMILES string of the molecule is CS(=O)(=O)c1ccc(C(N)CNc2cc(-c3ccc(C(F)(F)F)c(Cl)c3)ncn2)cc1. The zero-order valence-corrected chi connectivity index (χ0v) is 17.8. The molecule has 11 heteroatoms. The highest BCUT2D eigenvalue weighted by atomic mass is 35.5. The van der Waals surface area contributed by atoms with Gasteiger partial charge in [0.2, 0.25) is 0 Å². The Labute approximate surface area is 182 Å². The number of nitrogens with zero attached hydrogens (tertiary/aromatic N) is 2. The van der Waals surface area contributed by atoms with Crippen molar-refractivity contribution in [1.82, 2.24) is 9.97 Å². The molecule has 0 amide bonds. The molecule has 31 heavy (non-hydrogen) atoms. The minimum absolute atomic E-state index is 0.201. The van der Waals surface area contributed by atoms with Crippen molar-refractivity contribution in [3.05, 3.63) is 71.0 Å². The average Bonchev–Trinajstić information content (AvgIpc) is 2.70. The quantitative estimate of drug-likeness (QED) is 0.556. The van der Waals surface area contributed by atoms with Gasteiger partial charge in [0.05, 0.1) is 21.2 Å². The van der Waals surface area contributed by atoms with E-state index in [1.54, 1.807) is 18.2 Å². The number of nitrogens with one attached hydrogen (secondary N) is 1. The highest BCUT2D eigenvalue weighted by molar-refractivity contribution is 7.90. The van der Waals surface area contributed by atoms with Crippen LogP contribution in [0.1, 0.15) is 17.2 Å². The zero-order valence-electron chi connectivity index (χ0n) is 16.2. The molecule has 0 radical (unpaired) electrons. The number of alkyl halides is 3. The number of rotatable bonds is 6.